The highest BCUT2D eigenvalue weighted by Crippen LogP contribution is 2.32. The normalized spacial score (nSPS) is 14.0. The maximum atomic E-state index is 12.9. The molecule has 1 aliphatic heterocycles. The Morgan fingerprint density at radius 2 is 1.74 bits per heavy atom. The first kappa shape index (κ1) is 27.9. The minimum atomic E-state index is -4.98. The van der Waals surface area contributed by atoms with Gasteiger partial charge in [0.1, 0.15) is 0 Å². The summed E-state index contributed by atoms with van der Waals surface area (Å²) in [5.74, 6) is -1.76. The number of halogens is 3. The average Bonchev–Trinajstić information content (AvgIpc) is 2.90. The van der Waals surface area contributed by atoms with Crippen molar-refractivity contribution in [1.82, 2.24) is 9.88 Å². The summed E-state index contributed by atoms with van der Waals surface area (Å²) in [5.41, 5.74) is 2.80. The molecule has 1 aromatic heterocycles. The van der Waals surface area contributed by atoms with Gasteiger partial charge in [0.25, 0.3) is 5.91 Å². The van der Waals surface area contributed by atoms with Crippen molar-refractivity contribution in [2.24, 2.45) is 0 Å². The Morgan fingerprint density at radius 1 is 1.03 bits per heavy atom. The highest BCUT2D eigenvalue weighted by atomic mass is 19.4. The fourth-order valence-electron chi connectivity index (χ4n) is 3.91. The Kier molecular flexibility index (Phi) is 8.67. The van der Waals surface area contributed by atoms with E-state index in [1.54, 1.807) is 12.1 Å². The van der Waals surface area contributed by atoms with E-state index in [-0.39, 0.29) is 17.8 Å². The van der Waals surface area contributed by atoms with Crippen molar-refractivity contribution in [3.8, 4) is 17.0 Å². The summed E-state index contributed by atoms with van der Waals surface area (Å²) in [5, 5.41) is 5.10. The molecule has 0 unspecified atom stereocenters. The number of benzene rings is 2. The van der Waals surface area contributed by atoms with Crippen LogP contribution in [0.1, 0.15) is 10.4 Å². The molecule has 0 spiro atoms. The van der Waals surface area contributed by atoms with Crippen molar-refractivity contribution in [1.29, 1.82) is 0 Å². The lowest BCUT2D eigenvalue weighted by Gasteiger charge is -2.26. The van der Waals surface area contributed by atoms with Crippen LogP contribution in [0.3, 0.4) is 0 Å². The lowest BCUT2D eigenvalue weighted by Crippen LogP contribution is -2.41. The smallest absolute Gasteiger partial charge is 0.404 e. The van der Waals surface area contributed by atoms with E-state index in [0.29, 0.717) is 37.7 Å². The number of pyridine rings is 1. The molecule has 1 aliphatic rings. The van der Waals surface area contributed by atoms with Gasteiger partial charge in [-0.2, -0.15) is 0 Å². The van der Waals surface area contributed by atoms with Crippen molar-refractivity contribution in [2.45, 2.75) is 6.36 Å². The van der Waals surface area contributed by atoms with E-state index < -0.39 is 23.9 Å². The van der Waals surface area contributed by atoms with Gasteiger partial charge >= 0.3 is 6.36 Å². The Morgan fingerprint density at radius 3 is 2.36 bits per heavy atom. The number of rotatable bonds is 8. The second-order valence-electron chi connectivity index (χ2n) is 9.02. The zero-order chi connectivity index (χ0) is 28.0. The van der Waals surface area contributed by atoms with Crippen LogP contribution in [0.2, 0.25) is 0 Å². The molecule has 0 radical (unpaired) electrons. The summed E-state index contributed by atoms with van der Waals surface area (Å²) in [6.07, 6.45) is -3.49. The van der Waals surface area contributed by atoms with E-state index in [0.717, 1.165) is 23.4 Å². The molecule has 2 amide bonds. The number of alkyl halides is 3. The quantitative estimate of drug-likeness (QED) is 0.439. The molecule has 9 nitrogen and oxygen atoms in total. The van der Waals surface area contributed by atoms with Crippen LogP contribution in [0, 0.1) is 0 Å². The monoisotopic (exact) mass is 543 g/mol. The van der Waals surface area contributed by atoms with Crippen LogP contribution < -0.4 is 20.3 Å². The maximum Gasteiger partial charge on any atom is 0.573 e. The second-order valence-corrected chi connectivity index (χ2v) is 9.02. The summed E-state index contributed by atoms with van der Waals surface area (Å²) in [7, 11) is 3.90. The molecule has 39 heavy (non-hydrogen) atoms. The molecule has 2 heterocycles. The second kappa shape index (κ2) is 12.1. The number of carbonyl (C=O) groups excluding carboxylic acids is 2. The van der Waals surface area contributed by atoms with Crippen LogP contribution in [-0.4, -0.2) is 75.0 Å². The third-order valence-corrected chi connectivity index (χ3v) is 5.91. The van der Waals surface area contributed by atoms with Gasteiger partial charge in [0.15, 0.2) is 5.75 Å². The third-order valence-electron chi connectivity index (χ3n) is 5.91. The number of hydrogen-bond donors (Lipinski definition) is 2. The van der Waals surface area contributed by atoms with Crippen LogP contribution in [0.4, 0.5) is 30.2 Å². The first-order valence-electron chi connectivity index (χ1n) is 12.1. The first-order chi connectivity index (χ1) is 18.6. The average molecular weight is 544 g/mol. The maximum absolute atomic E-state index is 12.9. The minimum Gasteiger partial charge on any atom is -0.404 e. The molecule has 3 aromatic rings. The number of aromatic nitrogens is 1. The Hall–Kier alpha value is -4.16. The van der Waals surface area contributed by atoms with Crippen molar-refractivity contribution < 1.29 is 32.2 Å². The predicted molar refractivity (Wildman–Crippen MR) is 141 cm³/mol. The molecule has 0 bridgehead atoms. The van der Waals surface area contributed by atoms with Gasteiger partial charge in [0, 0.05) is 44.0 Å². The lowest BCUT2D eigenvalue weighted by molar-refractivity contribution is -0.274. The van der Waals surface area contributed by atoms with Gasteiger partial charge in [-0.25, -0.2) is 0 Å². The predicted octanol–water partition coefficient (Wildman–Crippen LogP) is 4.24. The summed E-state index contributed by atoms with van der Waals surface area (Å²) in [6.45, 7) is 1.93. The molecule has 2 aromatic carbocycles. The highest BCUT2D eigenvalue weighted by molar-refractivity contribution is 6.06. The topological polar surface area (TPSA) is 96.0 Å². The van der Waals surface area contributed by atoms with Gasteiger partial charge in [-0.1, -0.05) is 12.1 Å². The fraction of sp³-hybridized carbons (Fsp3) is 0.296. The van der Waals surface area contributed by atoms with Gasteiger partial charge in [-0.15, -0.1) is 13.2 Å². The van der Waals surface area contributed by atoms with E-state index >= 15 is 0 Å². The molecule has 12 heteroatoms. The van der Waals surface area contributed by atoms with Gasteiger partial charge in [-0.05, 0) is 42.5 Å². The summed E-state index contributed by atoms with van der Waals surface area (Å²) >= 11 is 0. The molecule has 0 aliphatic carbocycles. The van der Waals surface area contributed by atoms with Crippen molar-refractivity contribution >= 4 is 28.9 Å². The van der Waals surface area contributed by atoms with Crippen molar-refractivity contribution in [3.05, 3.63) is 66.4 Å². The Bertz CT molecular complexity index is 1290. The number of amides is 2. The summed E-state index contributed by atoms with van der Waals surface area (Å²) in [6, 6.07) is 14.6. The number of anilines is 3. The van der Waals surface area contributed by atoms with Crippen molar-refractivity contribution in [3.63, 3.8) is 0 Å². The number of hydrogen-bond acceptors (Lipinski definition) is 7. The minimum absolute atomic E-state index is 0.0227. The van der Waals surface area contributed by atoms with Crippen LogP contribution in [0.5, 0.6) is 5.75 Å². The van der Waals surface area contributed by atoms with Crippen molar-refractivity contribution in [2.75, 3.05) is 62.5 Å². The van der Waals surface area contributed by atoms with E-state index in [9.17, 15) is 22.8 Å². The summed E-state index contributed by atoms with van der Waals surface area (Å²) < 4.78 is 48.1. The molecular formula is C27H28F3N5O4. The Balaban J connectivity index is 1.46. The van der Waals surface area contributed by atoms with Gasteiger partial charge in [0.05, 0.1) is 43.0 Å². The van der Waals surface area contributed by atoms with E-state index in [1.807, 2.05) is 48.2 Å². The zero-order valence-corrected chi connectivity index (χ0v) is 21.4. The fourth-order valence-corrected chi connectivity index (χ4v) is 3.91. The SMILES string of the molecule is CN(C)c1ccc(-c2ccc(NC(=O)c3ccc(OC(F)(F)F)c(NC(=O)CN4CCOCC4)c3)cn2)cc1. The molecular weight excluding hydrogens is 515 g/mol. The number of nitrogens with one attached hydrogen (secondary N) is 2. The Labute approximate surface area is 223 Å². The van der Waals surface area contributed by atoms with E-state index in [2.05, 4.69) is 20.4 Å². The van der Waals surface area contributed by atoms with E-state index in [4.69, 9.17) is 4.74 Å². The summed E-state index contributed by atoms with van der Waals surface area (Å²) in [4.78, 5) is 33.6. The van der Waals surface area contributed by atoms with Crippen LogP contribution in [0.25, 0.3) is 11.3 Å². The van der Waals surface area contributed by atoms with E-state index in [1.165, 1.54) is 12.3 Å². The van der Waals surface area contributed by atoms with Gasteiger partial charge in [0.2, 0.25) is 5.91 Å². The van der Waals surface area contributed by atoms with Crippen LogP contribution in [-0.2, 0) is 9.53 Å². The molecule has 1 fully saturated rings. The molecule has 0 saturated carbocycles. The third kappa shape index (κ3) is 7.91. The number of nitrogens with zero attached hydrogens (tertiary/aromatic N) is 3. The number of morpholine rings is 1. The zero-order valence-electron chi connectivity index (χ0n) is 21.4. The van der Waals surface area contributed by atoms with Crippen LogP contribution in [0.15, 0.2) is 60.8 Å². The number of ether oxygens (including phenoxy) is 2. The standard InChI is InChI=1S/C27H28F3N5O4/c1-34(2)21-7-3-18(4-8-21)22-9-6-20(16-31-22)32-26(37)19-5-10-24(39-27(28,29)30)23(15-19)33-25(36)17-35-11-13-38-14-12-35/h3-10,15-16H,11-14,17H2,1-2H3,(H,32,37)(H,33,36). The molecule has 206 valence electrons. The molecule has 2 N–H and O–H groups in total. The number of carbonyl (C=O) groups is 2. The molecule has 1 saturated heterocycles. The lowest BCUT2D eigenvalue weighted by atomic mass is 10.1. The van der Waals surface area contributed by atoms with Gasteiger partial charge in [-0.3, -0.25) is 19.5 Å². The highest BCUT2D eigenvalue weighted by Gasteiger charge is 2.32. The molecule has 0 atom stereocenters. The first-order valence-corrected chi connectivity index (χ1v) is 12.1. The molecule has 4 rings (SSSR count). The largest absolute Gasteiger partial charge is 0.573 e. The van der Waals surface area contributed by atoms with Crippen LogP contribution >= 0.6 is 0 Å². The van der Waals surface area contributed by atoms with Gasteiger partial charge < -0.3 is 25.0 Å².